The van der Waals surface area contributed by atoms with E-state index < -0.39 is 16.0 Å². The van der Waals surface area contributed by atoms with Crippen molar-refractivity contribution in [3.63, 3.8) is 0 Å². The number of nitrogens with zero attached hydrogens (tertiary/aromatic N) is 2. The van der Waals surface area contributed by atoms with Crippen molar-refractivity contribution in [2.75, 3.05) is 35.4 Å². The highest BCUT2D eigenvalue weighted by atomic mass is 32.2. The molecule has 0 unspecified atom stereocenters. The molecule has 27 heavy (non-hydrogen) atoms. The van der Waals surface area contributed by atoms with Crippen LogP contribution in [-0.4, -0.2) is 41.1 Å². The minimum Gasteiger partial charge on any atom is -0.484 e. The van der Waals surface area contributed by atoms with Gasteiger partial charge in [-0.05, 0) is 36.8 Å². The summed E-state index contributed by atoms with van der Waals surface area (Å²) in [6.45, 7) is 1.79. The number of carbonyl (C=O) groups excluding carboxylic acids is 1. The Labute approximate surface area is 157 Å². The second kappa shape index (κ2) is 7.43. The number of anilines is 2. The van der Waals surface area contributed by atoms with Gasteiger partial charge < -0.3 is 10.1 Å². The molecule has 1 amide bonds. The molecule has 3 rings (SSSR count). The van der Waals surface area contributed by atoms with E-state index in [1.54, 1.807) is 6.07 Å². The molecule has 1 N–H and O–H groups in total. The molecule has 1 aliphatic heterocycles. The molecule has 0 atom stereocenters. The van der Waals surface area contributed by atoms with E-state index in [1.807, 2.05) is 25.1 Å². The van der Waals surface area contributed by atoms with Crippen LogP contribution in [0.2, 0.25) is 0 Å². The Morgan fingerprint density at radius 1 is 1.19 bits per heavy atom. The minimum atomic E-state index is -3.78. The molecule has 2 aromatic carbocycles. The molecule has 0 aromatic heterocycles. The lowest BCUT2D eigenvalue weighted by molar-refractivity contribution is -0.123. The van der Waals surface area contributed by atoms with E-state index in [4.69, 9.17) is 4.74 Å². The van der Waals surface area contributed by atoms with Crippen LogP contribution < -0.4 is 18.7 Å². The summed E-state index contributed by atoms with van der Waals surface area (Å²) in [6.07, 6.45) is 0. The van der Waals surface area contributed by atoms with Gasteiger partial charge in [0.2, 0.25) is 0 Å². The van der Waals surface area contributed by atoms with Crippen molar-refractivity contribution in [1.82, 2.24) is 5.32 Å². The van der Waals surface area contributed by atoms with Crippen molar-refractivity contribution >= 4 is 27.5 Å². The molecule has 0 saturated carbocycles. The molecule has 0 bridgehead atoms. The molecule has 2 aromatic rings. The van der Waals surface area contributed by atoms with Gasteiger partial charge in [-0.3, -0.25) is 9.10 Å². The normalized spacial score (nSPS) is 14.8. The molecule has 7 nitrogen and oxygen atoms in total. The second-order valence-corrected chi connectivity index (χ2v) is 8.02. The average Bonchev–Trinajstić information content (AvgIpc) is 2.80. The van der Waals surface area contributed by atoms with Crippen molar-refractivity contribution in [1.29, 1.82) is 0 Å². The van der Waals surface area contributed by atoms with Gasteiger partial charge in [0.15, 0.2) is 6.61 Å². The van der Waals surface area contributed by atoms with Gasteiger partial charge in [-0.25, -0.2) is 8.70 Å². The first kappa shape index (κ1) is 19.0. The Balaban J connectivity index is 1.57. The summed E-state index contributed by atoms with van der Waals surface area (Å²) in [6, 6.07) is 11.1. The lowest BCUT2D eigenvalue weighted by Gasteiger charge is -2.19. The Morgan fingerprint density at radius 2 is 1.96 bits per heavy atom. The highest BCUT2D eigenvalue weighted by Gasteiger charge is 2.37. The minimum absolute atomic E-state index is 0.0146. The Morgan fingerprint density at radius 3 is 2.70 bits per heavy atom. The SMILES string of the molecule is Cc1cccc(OCC(=O)NCCN2c3cc(F)ccc3N(C)S2(=O)=O)c1. The summed E-state index contributed by atoms with van der Waals surface area (Å²) < 4.78 is 46.0. The molecule has 0 aliphatic carbocycles. The highest BCUT2D eigenvalue weighted by molar-refractivity contribution is 7.94. The van der Waals surface area contributed by atoms with Crippen LogP contribution in [0.1, 0.15) is 5.56 Å². The number of rotatable bonds is 6. The van der Waals surface area contributed by atoms with E-state index in [0.29, 0.717) is 11.4 Å². The molecular formula is C18H20FN3O4S. The predicted molar refractivity (Wildman–Crippen MR) is 101 cm³/mol. The van der Waals surface area contributed by atoms with Crippen molar-refractivity contribution < 1.29 is 22.3 Å². The average molecular weight is 393 g/mol. The third-order valence-corrected chi connectivity index (χ3v) is 5.99. The number of fused-ring (bicyclic) bond motifs is 1. The van der Waals surface area contributed by atoms with E-state index in [2.05, 4.69) is 5.32 Å². The number of hydrogen-bond acceptors (Lipinski definition) is 4. The molecule has 0 fully saturated rings. The number of carbonyl (C=O) groups is 1. The van der Waals surface area contributed by atoms with E-state index in [-0.39, 0.29) is 31.3 Å². The summed E-state index contributed by atoms with van der Waals surface area (Å²) >= 11 is 0. The largest absolute Gasteiger partial charge is 0.484 e. The number of amides is 1. The molecule has 9 heteroatoms. The van der Waals surface area contributed by atoms with Crippen molar-refractivity contribution in [2.24, 2.45) is 0 Å². The van der Waals surface area contributed by atoms with Gasteiger partial charge in [0.1, 0.15) is 11.6 Å². The van der Waals surface area contributed by atoms with Crippen LogP contribution in [0.4, 0.5) is 15.8 Å². The molecular weight excluding hydrogens is 373 g/mol. The standard InChI is InChI=1S/C18H20FN3O4S/c1-13-4-3-5-15(10-13)26-12-18(23)20-8-9-22-17-11-14(19)6-7-16(17)21(2)27(22,24)25/h3-7,10-11H,8-9,12H2,1-2H3,(H,20,23). The van der Waals surface area contributed by atoms with Crippen molar-refractivity contribution in [2.45, 2.75) is 6.92 Å². The first-order chi connectivity index (χ1) is 12.8. The molecule has 144 valence electrons. The van der Waals surface area contributed by atoms with Crippen LogP contribution in [0.15, 0.2) is 42.5 Å². The number of benzene rings is 2. The fourth-order valence-corrected chi connectivity index (χ4v) is 4.21. The molecule has 0 spiro atoms. The topological polar surface area (TPSA) is 79.0 Å². The van der Waals surface area contributed by atoms with Crippen LogP contribution in [-0.2, 0) is 15.0 Å². The van der Waals surface area contributed by atoms with Crippen LogP contribution in [0.5, 0.6) is 5.75 Å². The smallest absolute Gasteiger partial charge is 0.326 e. The monoisotopic (exact) mass is 393 g/mol. The quantitative estimate of drug-likeness (QED) is 0.812. The number of aryl methyl sites for hydroxylation is 1. The highest BCUT2D eigenvalue weighted by Crippen LogP contribution is 2.39. The fraction of sp³-hybridized carbons (Fsp3) is 0.278. The van der Waals surface area contributed by atoms with Gasteiger partial charge in [-0.15, -0.1) is 0 Å². The Kier molecular flexibility index (Phi) is 5.22. The van der Waals surface area contributed by atoms with E-state index >= 15 is 0 Å². The second-order valence-electron chi connectivity index (χ2n) is 6.14. The van der Waals surface area contributed by atoms with E-state index in [9.17, 15) is 17.6 Å². The number of hydrogen-bond donors (Lipinski definition) is 1. The van der Waals surface area contributed by atoms with Gasteiger partial charge >= 0.3 is 10.2 Å². The van der Waals surface area contributed by atoms with E-state index in [0.717, 1.165) is 14.2 Å². The number of nitrogens with one attached hydrogen (secondary N) is 1. The summed E-state index contributed by atoms with van der Waals surface area (Å²) in [5, 5.41) is 2.61. The molecule has 1 heterocycles. The van der Waals surface area contributed by atoms with Crippen LogP contribution in [0.25, 0.3) is 0 Å². The van der Waals surface area contributed by atoms with Gasteiger partial charge in [0.05, 0.1) is 17.9 Å². The molecule has 0 radical (unpaired) electrons. The lowest BCUT2D eigenvalue weighted by atomic mass is 10.2. The summed E-state index contributed by atoms with van der Waals surface area (Å²) in [5.41, 5.74) is 1.66. The van der Waals surface area contributed by atoms with Gasteiger partial charge in [-0.1, -0.05) is 12.1 Å². The third-order valence-electron chi connectivity index (χ3n) is 4.17. The summed E-state index contributed by atoms with van der Waals surface area (Å²) in [5.74, 6) is -0.320. The Bertz CT molecular complexity index is 965. The summed E-state index contributed by atoms with van der Waals surface area (Å²) in [4.78, 5) is 11.9. The van der Waals surface area contributed by atoms with E-state index in [1.165, 1.54) is 25.2 Å². The van der Waals surface area contributed by atoms with Crippen molar-refractivity contribution in [3.05, 3.63) is 53.8 Å². The maximum Gasteiger partial charge on any atom is 0.326 e. The molecule has 0 saturated heterocycles. The van der Waals surface area contributed by atoms with Crippen LogP contribution in [0.3, 0.4) is 0 Å². The van der Waals surface area contributed by atoms with Crippen LogP contribution in [0, 0.1) is 12.7 Å². The van der Waals surface area contributed by atoms with Crippen LogP contribution >= 0.6 is 0 Å². The number of ether oxygens (including phenoxy) is 1. The lowest BCUT2D eigenvalue weighted by Crippen LogP contribution is -2.41. The Hall–Kier alpha value is -2.81. The van der Waals surface area contributed by atoms with Crippen molar-refractivity contribution in [3.8, 4) is 5.75 Å². The zero-order valence-corrected chi connectivity index (χ0v) is 15.8. The zero-order valence-electron chi connectivity index (χ0n) is 15.0. The predicted octanol–water partition coefficient (Wildman–Crippen LogP) is 1.83. The molecule has 1 aliphatic rings. The summed E-state index contributed by atoms with van der Waals surface area (Å²) in [7, 11) is -2.38. The maximum absolute atomic E-state index is 13.5. The van der Waals surface area contributed by atoms with Gasteiger partial charge in [0.25, 0.3) is 5.91 Å². The van der Waals surface area contributed by atoms with Gasteiger partial charge in [0, 0.05) is 19.7 Å². The third kappa shape index (κ3) is 3.97. The zero-order chi connectivity index (χ0) is 19.6. The van der Waals surface area contributed by atoms with Gasteiger partial charge in [-0.2, -0.15) is 8.42 Å². The fourth-order valence-electron chi connectivity index (χ4n) is 2.80. The first-order valence-corrected chi connectivity index (χ1v) is 9.71. The number of halogens is 1. The first-order valence-electron chi connectivity index (χ1n) is 8.31. The maximum atomic E-state index is 13.5.